The minimum Gasteiger partial charge on any atom is -0.393 e. The van der Waals surface area contributed by atoms with Gasteiger partial charge in [0.25, 0.3) is 0 Å². The number of pyridine rings is 1. The van der Waals surface area contributed by atoms with Gasteiger partial charge in [-0.1, -0.05) is 0 Å². The van der Waals surface area contributed by atoms with Crippen LogP contribution in [0.5, 0.6) is 0 Å². The van der Waals surface area contributed by atoms with Gasteiger partial charge in [-0.3, -0.25) is 0 Å². The highest BCUT2D eigenvalue weighted by Crippen LogP contribution is 2.12. The maximum atomic E-state index is 9.10. The van der Waals surface area contributed by atoms with E-state index in [9.17, 15) is 0 Å². The van der Waals surface area contributed by atoms with E-state index < -0.39 is 0 Å². The third-order valence-corrected chi connectivity index (χ3v) is 2.25. The lowest BCUT2D eigenvalue weighted by Gasteiger charge is -2.08. The zero-order valence-corrected chi connectivity index (χ0v) is 9.70. The maximum absolute atomic E-state index is 9.10. The lowest BCUT2D eigenvalue weighted by Crippen LogP contribution is -2.09. The summed E-state index contributed by atoms with van der Waals surface area (Å²) in [5, 5.41) is 21.1. The standard InChI is InChI=1S/C12H17N3O/c1-9-5-6-11(8-13)12(15-9)14-7-3-4-10(2)16/h5-6,10,16H,3-4,7H2,1-2H3,(H,14,15). The first kappa shape index (κ1) is 12.5. The van der Waals surface area contributed by atoms with E-state index in [4.69, 9.17) is 10.4 Å². The molecule has 0 fully saturated rings. The molecule has 4 nitrogen and oxygen atoms in total. The minimum atomic E-state index is -0.275. The highest BCUT2D eigenvalue weighted by molar-refractivity contribution is 5.52. The van der Waals surface area contributed by atoms with Crippen molar-refractivity contribution >= 4 is 5.82 Å². The van der Waals surface area contributed by atoms with E-state index in [1.807, 2.05) is 13.0 Å². The summed E-state index contributed by atoms with van der Waals surface area (Å²) in [5.74, 6) is 0.632. The Balaban J connectivity index is 2.53. The summed E-state index contributed by atoms with van der Waals surface area (Å²) >= 11 is 0. The molecule has 0 amide bonds. The molecule has 0 aliphatic carbocycles. The Hall–Kier alpha value is -1.60. The quantitative estimate of drug-likeness (QED) is 0.741. The second-order valence-corrected chi connectivity index (χ2v) is 3.88. The normalized spacial score (nSPS) is 11.9. The molecule has 1 unspecified atom stereocenters. The van der Waals surface area contributed by atoms with Crippen molar-refractivity contribution in [3.8, 4) is 6.07 Å². The third-order valence-electron chi connectivity index (χ3n) is 2.25. The van der Waals surface area contributed by atoms with Gasteiger partial charge < -0.3 is 10.4 Å². The van der Waals surface area contributed by atoms with Gasteiger partial charge in [-0.25, -0.2) is 4.98 Å². The van der Waals surface area contributed by atoms with E-state index in [-0.39, 0.29) is 6.10 Å². The number of aliphatic hydroxyl groups is 1. The van der Waals surface area contributed by atoms with Crippen LogP contribution in [0.2, 0.25) is 0 Å². The predicted molar refractivity (Wildman–Crippen MR) is 63.1 cm³/mol. The summed E-state index contributed by atoms with van der Waals surface area (Å²) in [4.78, 5) is 4.26. The lowest BCUT2D eigenvalue weighted by molar-refractivity contribution is 0.183. The van der Waals surface area contributed by atoms with Gasteiger partial charge in [-0.05, 0) is 38.8 Å². The number of hydrogen-bond acceptors (Lipinski definition) is 4. The van der Waals surface area contributed by atoms with Gasteiger partial charge in [-0.15, -0.1) is 0 Å². The number of aryl methyl sites for hydroxylation is 1. The lowest BCUT2D eigenvalue weighted by atomic mass is 10.2. The van der Waals surface area contributed by atoms with Crippen molar-refractivity contribution in [2.75, 3.05) is 11.9 Å². The molecule has 1 aromatic rings. The molecule has 1 heterocycles. The van der Waals surface area contributed by atoms with Crippen LogP contribution in [0, 0.1) is 18.3 Å². The molecule has 86 valence electrons. The van der Waals surface area contributed by atoms with E-state index in [2.05, 4.69) is 16.4 Å². The Morgan fingerprint density at radius 1 is 1.56 bits per heavy atom. The smallest absolute Gasteiger partial charge is 0.144 e. The summed E-state index contributed by atoms with van der Waals surface area (Å²) in [6.07, 6.45) is 1.33. The first-order valence-electron chi connectivity index (χ1n) is 5.43. The molecular formula is C12H17N3O. The van der Waals surface area contributed by atoms with Crippen molar-refractivity contribution in [2.24, 2.45) is 0 Å². The van der Waals surface area contributed by atoms with Crippen LogP contribution in [0.15, 0.2) is 12.1 Å². The van der Waals surface area contributed by atoms with Crippen molar-refractivity contribution < 1.29 is 5.11 Å². The molecule has 1 aromatic heterocycles. The molecule has 0 bridgehead atoms. The van der Waals surface area contributed by atoms with Gasteiger partial charge >= 0.3 is 0 Å². The average molecular weight is 219 g/mol. The van der Waals surface area contributed by atoms with Crippen LogP contribution in [0.4, 0.5) is 5.82 Å². The molecule has 0 aromatic carbocycles. The zero-order chi connectivity index (χ0) is 12.0. The van der Waals surface area contributed by atoms with Crippen LogP contribution in [-0.2, 0) is 0 Å². The first-order chi connectivity index (χ1) is 7.63. The summed E-state index contributed by atoms with van der Waals surface area (Å²) in [5.41, 5.74) is 1.44. The van der Waals surface area contributed by atoms with E-state index in [0.29, 0.717) is 11.4 Å². The van der Waals surface area contributed by atoms with E-state index in [0.717, 1.165) is 25.1 Å². The van der Waals surface area contributed by atoms with Gasteiger partial charge in [0.15, 0.2) is 0 Å². The van der Waals surface area contributed by atoms with Gasteiger partial charge in [0.1, 0.15) is 11.9 Å². The second kappa shape index (κ2) is 6.09. The van der Waals surface area contributed by atoms with Crippen LogP contribution in [0.25, 0.3) is 0 Å². The van der Waals surface area contributed by atoms with Crippen molar-refractivity contribution in [1.29, 1.82) is 5.26 Å². The summed E-state index contributed by atoms with van der Waals surface area (Å²) in [7, 11) is 0. The van der Waals surface area contributed by atoms with E-state index >= 15 is 0 Å². The monoisotopic (exact) mass is 219 g/mol. The molecule has 1 atom stereocenters. The number of aliphatic hydroxyl groups excluding tert-OH is 1. The van der Waals surface area contributed by atoms with Crippen molar-refractivity contribution in [2.45, 2.75) is 32.8 Å². The first-order valence-corrected chi connectivity index (χ1v) is 5.43. The Bertz CT molecular complexity index is 382. The summed E-state index contributed by atoms with van der Waals surface area (Å²) < 4.78 is 0. The topological polar surface area (TPSA) is 68.9 Å². The van der Waals surface area contributed by atoms with Crippen LogP contribution < -0.4 is 5.32 Å². The van der Waals surface area contributed by atoms with Crippen LogP contribution in [0.3, 0.4) is 0 Å². The fraction of sp³-hybridized carbons (Fsp3) is 0.500. The van der Waals surface area contributed by atoms with Crippen LogP contribution in [0.1, 0.15) is 31.0 Å². The van der Waals surface area contributed by atoms with Crippen LogP contribution in [-0.4, -0.2) is 22.7 Å². The third kappa shape index (κ3) is 3.87. The average Bonchev–Trinajstić information content (AvgIpc) is 2.24. The van der Waals surface area contributed by atoms with Crippen molar-refractivity contribution in [1.82, 2.24) is 4.98 Å². The maximum Gasteiger partial charge on any atom is 0.144 e. The summed E-state index contributed by atoms with van der Waals surface area (Å²) in [6, 6.07) is 5.68. The highest BCUT2D eigenvalue weighted by Gasteiger charge is 2.03. The number of nitriles is 1. The zero-order valence-electron chi connectivity index (χ0n) is 9.70. The Labute approximate surface area is 95.9 Å². The molecular weight excluding hydrogens is 202 g/mol. The molecule has 0 saturated heterocycles. The van der Waals surface area contributed by atoms with E-state index in [1.54, 1.807) is 13.0 Å². The van der Waals surface area contributed by atoms with Crippen molar-refractivity contribution in [3.63, 3.8) is 0 Å². The molecule has 0 radical (unpaired) electrons. The number of nitrogens with one attached hydrogen (secondary N) is 1. The fourth-order valence-electron chi connectivity index (χ4n) is 1.39. The van der Waals surface area contributed by atoms with Crippen molar-refractivity contribution in [3.05, 3.63) is 23.4 Å². The molecule has 1 rings (SSSR count). The SMILES string of the molecule is Cc1ccc(C#N)c(NCCCC(C)O)n1. The minimum absolute atomic E-state index is 0.275. The van der Waals surface area contributed by atoms with Gasteiger partial charge in [0.05, 0.1) is 11.7 Å². The van der Waals surface area contributed by atoms with Gasteiger partial charge in [0.2, 0.25) is 0 Å². The number of aromatic nitrogens is 1. The molecule has 4 heteroatoms. The molecule has 0 aliphatic rings. The fourth-order valence-corrected chi connectivity index (χ4v) is 1.39. The molecule has 16 heavy (non-hydrogen) atoms. The highest BCUT2D eigenvalue weighted by atomic mass is 16.3. The Morgan fingerprint density at radius 3 is 2.94 bits per heavy atom. The van der Waals surface area contributed by atoms with E-state index in [1.165, 1.54) is 0 Å². The molecule has 0 spiro atoms. The predicted octanol–water partition coefficient (Wildman–Crippen LogP) is 1.83. The molecule has 0 saturated carbocycles. The van der Waals surface area contributed by atoms with Crippen LogP contribution >= 0.6 is 0 Å². The number of rotatable bonds is 5. The Morgan fingerprint density at radius 2 is 2.31 bits per heavy atom. The number of anilines is 1. The molecule has 2 N–H and O–H groups in total. The Kier molecular flexibility index (Phi) is 4.74. The largest absolute Gasteiger partial charge is 0.393 e. The van der Waals surface area contributed by atoms with Gasteiger partial charge in [-0.2, -0.15) is 5.26 Å². The second-order valence-electron chi connectivity index (χ2n) is 3.88. The summed E-state index contributed by atoms with van der Waals surface area (Å²) in [6.45, 7) is 4.38. The molecule has 0 aliphatic heterocycles. The number of nitrogens with zero attached hydrogens (tertiary/aromatic N) is 2. The van der Waals surface area contributed by atoms with Gasteiger partial charge in [0, 0.05) is 12.2 Å². The number of hydrogen-bond donors (Lipinski definition) is 2.